The Kier molecular flexibility index (Phi) is 5.35. The molecule has 2 heterocycles. The Morgan fingerprint density at radius 1 is 0.750 bits per heavy atom. The lowest BCUT2D eigenvalue weighted by Gasteiger charge is -2.40. The molecule has 2 aliphatic carbocycles. The number of anilines is 2. The third-order valence-electron chi connectivity index (χ3n) is 9.98. The van der Waals surface area contributed by atoms with E-state index in [0.29, 0.717) is 12.0 Å². The molecule has 0 spiro atoms. The van der Waals surface area contributed by atoms with Crippen LogP contribution in [0.2, 0.25) is 0 Å². The van der Waals surface area contributed by atoms with Crippen LogP contribution >= 0.6 is 0 Å². The Bertz CT molecular complexity index is 1750. The number of allylic oxidation sites excluding steroid dienone is 1. The zero-order valence-electron chi connectivity index (χ0n) is 23.5. The maximum absolute atomic E-state index is 2.63. The fourth-order valence-corrected chi connectivity index (χ4v) is 7.95. The van der Waals surface area contributed by atoms with E-state index in [9.17, 15) is 0 Å². The van der Waals surface area contributed by atoms with Gasteiger partial charge in [-0.1, -0.05) is 93.4 Å². The van der Waals surface area contributed by atoms with Crippen LogP contribution in [0, 0.1) is 5.92 Å². The van der Waals surface area contributed by atoms with Crippen molar-refractivity contribution < 1.29 is 0 Å². The van der Waals surface area contributed by atoms with Crippen molar-refractivity contribution in [2.24, 2.45) is 5.92 Å². The molecule has 0 N–H and O–H groups in total. The lowest BCUT2D eigenvalue weighted by Crippen LogP contribution is -2.43. The molecule has 1 aromatic heterocycles. The van der Waals surface area contributed by atoms with Gasteiger partial charge in [-0.3, -0.25) is 0 Å². The van der Waals surface area contributed by atoms with Crippen molar-refractivity contribution in [3.8, 4) is 16.8 Å². The first-order chi connectivity index (χ1) is 19.6. The van der Waals surface area contributed by atoms with E-state index in [4.69, 9.17) is 0 Å². The van der Waals surface area contributed by atoms with Gasteiger partial charge in [0.05, 0.1) is 5.52 Å². The second-order valence-corrected chi connectivity index (χ2v) is 12.4. The molecule has 4 aromatic carbocycles. The number of hydrogen-bond acceptors (Lipinski definition) is 1. The van der Waals surface area contributed by atoms with Gasteiger partial charge in [-0.15, -0.1) is 0 Å². The van der Waals surface area contributed by atoms with Crippen molar-refractivity contribution >= 4 is 28.4 Å². The highest BCUT2D eigenvalue weighted by atomic mass is 15.2. The molecule has 0 amide bonds. The Morgan fingerprint density at radius 3 is 2.25 bits per heavy atom. The fraction of sp³-hybridized carbons (Fsp3) is 0.263. The topological polar surface area (TPSA) is 8.17 Å². The van der Waals surface area contributed by atoms with E-state index in [-0.39, 0.29) is 5.41 Å². The lowest BCUT2D eigenvalue weighted by atomic mass is 9.69. The van der Waals surface area contributed by atoms with Gasteiger partial charge < -0.3 is 9.47 Å². The van der Waals surface area contributed by atoms with Crippen molar-refractivity contribution in [1.82, 2.24) is 4.57 Å². The molecule has 1 saturated carbocycles. The van der Waals surface area contributed by atoms with E-state index in [1.807, 2.05) is 0 Å². The number of fused-ring (bicyclic) bond motifs is 6. The van der Waals surface area contributed by atoms with E-state index >= 15 is 0 Å². The van der Waals surface area contributed by atoms with Crippen LogP contribution in [0.5, 0.6) is 0 Å². The summed E-state index contributed by atoms with van der Waals surface area (Å²) in [5.41, 5.74) is 12.3. The standard InChI is InChI=1S/C38H36N2/c1-26-14-23-35-32(25-26)31-9-3-5-11-34(31)39(35)29-19-15-27(16-20-29)28-17-21-30(22-18-28)40-36-12-6-4-10-33(36)38(2)24-8-7-13-37(38)40/h3-6,9-12,14-23,26,37H,7-8,13,24-25H2,1-2H3. The van der Waals surface area contributed by atoms with Crippen LogP contribution in [0.1, 0.15) is 56.4 Å². The van der Waals surface area contributed by atoms with Gasteiger partial charge >= 0.3 is 0 Å². The van der Waals surface area contributed by atoms with Crippen molar-refractivity contribution in [3.05, 3.63) is 120 Å². The number of nitrogens with zero attached hydrogens (tertiary/aromatic N) is 2. The largest absolute Gasteiger partial charge is 0.337 e. The molecule has 198 valence electrons. The van der Waals surface area contributed by atoms with Gasteiger partial charge in [-0.05, 0) is 89.9 Å². The molecule has 5 aromatic rings. The van der Waals surface area contributed by atoms with Gasteiger partial charge in [0.1, 0.15) is 0 Å². The zero-order chi connectivity index (χ0) is 26.8. The van der Waals surface area contributed by atoms with Crippen LogP contribution < -0.4 is 4.90 Å². The quantitative estimate of drug-likeness (QED) is 0.230. The first-order valence-electron chi connectivity index (χ1n) is 15.0. The third-order valence-corrected chi connectivity index (χ3v) is 9.98. The van der Waals surface area contributed by atoms with E-state index in [1.165, 1.54) is 81.6 Å². The molecule has 0 bridgehead atoms. The van der Waals surface area contributed by atoms with Crippen molar-refractivity contribution in [2.45, 2.75) is 57.4 Å². The van der Waals surface area contributed by atoms with E-state index in [2.05, 4.69) is 133 Å². The van der Waals surface area contributed by atoms with Gasteiger partial charge in [0.25, 0.3) is 0 Å². The molecule has 40 heavy (non-hydrogen) atoms. The third kappa shape index (κ3) is 3.48. The van der Waals surface area contributed by atoms with Crippen LogP contribution in [0.15, 0.2) is 103 Å². The Balaban J connectivity index is 1.13. The Hall–Kier alpha value is -4.04. The summed E-state index contributed by atoms with van der Waals surface area (Å²) in [6.07, 6.45) is 11.0. The second kappa shape index (κ2) is 8.99. The van der Waals surface area contributed by atoms with Crippen LogP contribution in [-0.2, 0) is 11.8 Å². The van der Waals surface area contributed by atoms with Gasteiger partial charge in [-0.25, -0.2) is 0 Å². The zero-order valence-corrected chi connectivity index (χ0v) is 23.5. The molecule has 3 aliphatic rings. The maximum atomic E-state index is 2.63. The van der Waals surface area contributed by atoms with E-state index in [1.54, 1.807) is 0 Å². The fourth-order valence-electron chi connectivity index (χ4n) is 7.95. The molecule has 0 saturated heterocycles. The minimum Gasteiger partial charge on any atom is -0.337 e. The summed E-state index contributed by atoms with van der Waals surface area (Å²) >= 11 is 0. The molecule has 3 unspecified atom stereocenters. The minimum absolute atomic E-state index is 0.248. The highest BCUT2D eigenvalue weighted by Crippen LogP contribution is 2.54. The van der Waals surface area contributed by atoms with Gasteiger partial charge in [0.2, 0.25) is 0 Å². The predicted molar refractivity (Wildman–Crippen MR) is 169 cm³/mol. The summed E-state index contributed by atoms with van der Waals surface area (Å²) in [5.74, 6) is 0.581. The Labute approximate surface area is 237 Å². The molecular weight excluding hydrogens is 484 g/mol. The highest BCUT2D eigenvalue weighted by molar-refractivity contribution is 5.91. The van der Waals surface area contributed by atoms with Gasteiger partial charge in [0, 0.05) is 39.6 Å². The summed E-state index contributed by atoms with van der Waals surface area (Å²) in [7, 11) is 0. The summed E-state index contributed by atoms with van der Waals surface area (Å²) in [6.45, 7) is 4.80. The Morgan fingerprint density at radius 2 is 1.45 bits per heavy atom. The van der Waals surface area contributed by atoms with Crippen LogP contribution in [0.25, 0.3) is 33.8 Å². The smallest absolute Gasteiger partial charge is 0.0537 e. The van der Waals surface area contributed by atoms with Gasteiger partial charge in [-0.2, -0.15) is 0 Å². The van der Waals surface area contributed by atoms with E-state index < -0.39 is 0 Å². The van der Waals surface area contributed by atoms with Gasteiger partial charge in [0.15, 0.2) is 0 Å². The summed E-state index contributed by atoms with van der Waals surface area (Å²) in [6, 6.07) is 36.9. The number of aromatic nitrogens is 1. The minimum atomic E-state index is 0.248. The number of benzene rings is 4. The average molecular weight is 521 g/mol. The summed E-state index contributed by atoms with van der Waals surface area (Å²) in [4.78, 5) is 2.63. The predicted octanol–water partition coefficient (Wildman–Crippen LogP) is 9.85. The second-order valence-electron chi connectivity index (χ2n) is 12.4. The molecule has 8 rings (SSSR count). The maximum Gasteiger partial charge on any atom is 0.0537 e. The molecule has 2 nitrogen and oxygen atoms in total. The first-order valence-corrected chi connectivity index (χ1v) is 15.0. The molecular formula is C38H36N2. The van der Waals surface area contributed by atoms with Crippen LogP contribution in [0.4, 0.5) is 11.4 Å². The summed E-state index contributed by atoms with van der Waals surface area (Å²) in [5, 5.41) is 1.38. The molecule has 1 fully saturated rings. The molecule has 1 aliphatic heterocycles. The average Bonchev–Trinajstić information content (AvgIpc) is 3.46. The lowest BCUT2D eigenvalue weighted by molar-refractivity contribution is 0.290. The van der Waals surface area contributed by atoms with Crippen LogP contribution in [0.3, 0.4) is 0 Å². The molecule has 0 radical (unpaired) electrons. The molecule has 2 heteroatoms. The summed E-state index contributed by atoms with van der Waals surface area (Å²) < 4.78 is 2.44. The SMILES string of the molecule is CC1C=Cc2c(c3ccccc3n2-c2ccc(-c3ccc(N4c5ccccc5C5(C)CCCCC45)cc3)cc2)C1. The molecule has 3 atom stereocenters. The normalized spacial score (nSPS) is 23.2. The number of para-hydroxylation sites is 2. The number of hydrogen-bond donors (Lipinski definition) is 0. The van der Waals surface area contributed by atoms with Crippen molar-refractivity contribution in [3.63, 3.8) is 0 Å². The highest BCUT2D eigenvalue weighted by Gasteiger charge is 2.48. The van der Waals surface area contributed by atoms with Crippen molar-refractivity contribution in [2.75, 3.05) is 4.90 Å². The van der Waals surface area contributed by atoms with E-state index in [0.717, 1.165) is 6.42 Å². The first kappa shape index (κ1) is 23.8. The van der Waals surface area contributed by atoms with Crippen LogP contribution in [-0.4, -0.2) is 10.6 Å². The van der Waals surface area contributed by atoms with Crippen molar-refractivity contribution in [1.29, 1.82) is 0 Å². The monoisotopic (exact) mass is 520 g/mol. The number of rotatable bonds is 3.